The number of hydrogen-bond donors (Lipinski definition) is 2. The number of amides is 2. The number of nitrogens with one attached hydrogen (secondary N) is 2. The molecule has 6 heteroatoms. The number of nitrogens with zero attached hydrogens (tertiary/aromatic N) is 1. The zero-order valence-corrected chi connectivity index (χ0v) is 16.2. The number of fused-ring (bicyclic) bond motifs is 4. The molecule has 5 rings (SSSR count). The molecule has 2 amide bonds. The lowest BCUT2D eigenvalue weighted by atomic mass is 9.83. The number of halogens is 1. The molecule has 0 radical (unpaired) electrons. The Hall–Kier alpha value is -2.86. The van der Waals surface area contributed by atoms with Gasteiger partial charge in [-0.3, -0.25) is 0 Å². The molecular formula is C23H24FN3O2. The molecule has 1 spiro atoms. The summed E-state index contributed by atoms with van der Waals surface area (Å²) in [6, 6.07) is 14.6. The fourth-order valence-electron chi connectivity index (χ4n) is 4.67. The van der Waals surface area contributed by atoms with Gasteiger partial charge in [0, 0.05) is 30.5 Å². The van der Waals surface area contributed by atoms with E-state index in [-0.39, 0.29) is 17.4 Å². The molecule has 2 aliphatic rings. The Morgan fingerprint density at radius 1 is 1.17 bits per heavy atom. The number of benzene rings is 2. The summed E-state index contributed by atoms with van der Waals surface area (Å²) >= 11 is 0. The van der Waals surface area contributed by atoms with Crippen LogP contribution in [0.3, 0.4) is 0 Å². The number of ether oxygens (including phenoxy) is 1. The van der Waals surface area contributed by atoms with Crippen LogP contribution in [0.5, 0.6) is 0 Å². The summed E-state index contributed by atoms with van der Waals surface area (Å²) < 4.78 is 19.6. The number of aromatic amines is 1. The molecule has 0 aliphatic carbocycles. The van der Waals surface area contributed by atoms with Gasteiger partial charge in [-0.15, -0.1) is 0 Å². The van der Waals surface area contributed by atoms with Gasteiger partial charge >= 0.3 is 6.03 Å². The van der Waals surface area contributed by atoms with Crippen LogP contribution in [-0.4, -0.2) is 35.6 Å². The van der Waals surface area contributed by atoms with Crippen LogP contribution in [0.2, 0.25) is 0 Å². The number of carbonyl (C=O) groups excluding carboxylic acids is 1. The van der Waals surface area contributed by atoms with Crippen molar-refractivity contribution >= 4 is 16.9 Å². The molecule has 0 atom stereocenters. The zero-order chi connectivity index (χ0) is 19.8. The Morgan fingerprint density at radius 3 is 2.83 bits per heavy atom. The van der Waals surface area contributed by atoms with E-state index in [1.54, 1.807) is 6.07 Å². The van der Waals surface area contributed by atoms with Gasteiger partial charge in [0.2, 0.25) is 0 Å². The number of urea groups is 1. The first kappa shape index (κ1) is 18.2. The minimum absolute atomic E-state index is 0.114. The number of likely N-dealkylation sites (tertiary alicyclic amines) is 1. The number of aromatic nitrogens is 1. The molecule has 3 heterocycles. The Morgan fingerprint density at radius 2 is 2.00 bits per heavy atom. The van der Waals surface area contributed by atoms with Crippen LogP contribution in [0.15, 0.2) is 48.5 Å². The van der Waals surface area contributed by atoms with Crippen molar-refractivity contribution in [1.29, 1.82) is 0 Å². The van der Waals surface area contributed by atoms with Crippen molar-refractivity contribution in [3.8, 4) is 0 Å². The summed E-state index contributed by atoms with van der Waals surface area (Å²) in [5.74, 6) is -0.291. The number of rotatable bonds is 2. The zero-order valence-electron chi connectivity index (χ0n) is 16.2. The molecule has 3 aromatic rings. The average molecular weight is 393 g/mol. The Labute approximate surface area is 168 Å². The Kier molecular flexibility index (Phi) is 4.51. The predicted octanol–water partition coefficient (Wildman–Crippen LogP) is 4.08. The van der Waals surface area contributed by atoms with E-state index in [1.807, 2.05) is 17.0 Å². The lowest BCUT2D eigenvalue weighted by Crippen LogP contribution is -2.50. The van der Waals surface area contributed by atoms with E-state index < -0.39 is 0 Å². The lowest BCUT2D eigenvalue weighted by Gasteiger charge is -2.43. The molecule has 0 bridgehead atoms. The third-order valence-corrected chi connectivity index (χ3v) is 6.19. The number of piperidine rings is 1. The van der Waals surface area contributed by atoms with Gasteiger partial charge in [0.25, 0.3) is 0 Å². The summed E-state index contributed by atoms with van der Waals surface area (Å²) in [6.07, 6.45) is 2.44. The minimum atomic E-state index is -0.341. The molecule has 5 nitrogen and oxygen atoms in total. The molecule has 2 N–H and O–H groups in total. The van der Waals surface area contributed by atoms with Crippen LogP contribution in [0.4, 0.5) is 9.18 Å². The smallest absolute Gasteiger partial charge is 0.317 e. The second-order valence-corrected chi connectivity index (χ2v) is 7.89. The molecule has 1 fully saturated rings. The van der Waals surface area contributed by atoms with Crippen LogP contribution >= 0.6 is 0 Å². The molecular weight excluding hydrogens is 369 g/mol. The summed E-state index contributed by atoms with van der Waals surface area (Å²) in [5.41, 5.74) is 4.11. The SMILES string of the molecule is O=C(NCc1cccc(F)c1)N1CCC2(CC1)OCCc1c2[nH]c2ccccc12. The van der Waals surface area contributed by atoms with Gasteiger partial charge in [-0.2, -0.15) is 0 Å². The van der Waals surface area contributed by atoms with Crippen molar-refractivity contribution in [2.24, 2.45) is 0 Å². The minimum Gasteiger partial charge on any atom is -0.368 e. The van der Waals surface area contributed by atoms with Gasteiger partial charge in [-0.25, -0.2) is 9.18 Å². The fourth-order valence-corrected chi connectivity index (χ4v) is 4.67. The van der Waals surface area contributed by atoms with Crippen molar-refractivity contribution in [1.82, 2.24) is 15.2 Å². The van der Waals surface area contributed by atoms with E-state index >= 15 is 0 Å². The maximum absolute atomic E-state index is 13.3. The summed E-state index contributed by atoms with van der Waals surface area (Å²) in [4.78, 5) is 18.0. The van der Waals surface area contributed by atoms with Crippen molar-refractivity contribution in [2.75, 3.05) is 19.7 Å². The number of hydrogen-bond acceptors (Lipinski definition) is 2. The van der Waals surface area contributed by atoms with Crippen LogP contribution < -0.4 is 5.32 Å². The first-order chi connectivity index (χ1) is 14.1. The highest BCUT2D eigenvalue weighted by Crippen LogP contribution is 2.43. The summed E-state index contributed by atoms with van der Waals surface area (Å²) in [6.45, 7) is 2.29. The molecule has 2 aromatic carbocycles. The standard InChI is InChI=1S/C23H24FN3O2/c24-17-5-3-4-16(14-17)15-25-22(28)27-11-9-23(10-12-27)21-19(8-13-29-23)18-6-1-2-7-20(18)26-21/h1-7,14,26H,8-13,15H2,(H,25,28). The molecule has 150 valence electrons. The fraction of sp³-hybridized carbons (Fsp3) is 0.348. The van der Waals surface area contributed by atoms with Crippen LogP contribution in [0.25, 0.3) is 10.9 Å². The highest BCUT2D eigenvalue weighted by Gasteiger charge is 2.43. The van der Waals surface area contributed by atoms with E-state index in [0.29, 0.717) is 26.2 Å². The van der Waals surface area contributed by atoms with Crippen LogP contribution in [0.1, 0.15) is 29.7 Å². The first-order valence-corrected chi connectivity index (χ1v) is 10.2. The second-order valence-electron chi connectivity index (χ2n) is 7.89. The van der Waals surface area contributed by atoms with Gasteiger partial charge in [0.05, 0.1) is 12.3 Å². The van der Waals surface area contributed by atoms with Crippen molar-refractivity contribution in [3.05, 3.63) is 71.2 Å². The quantitative estimate of drug-likeness (QED) is 0.689. The van der Waals surface area contributed by atoms with Gasteiger partial charge in [-0.05, 0) is 48.6 Å². The predicted molar refractivity (Wildman–Crippen MR) is 109 cm³/mol. The van der Waals surface area contributed by atoms with Gasteiger partial charge in [-0.1, -0.05) is 30.3 Å². The summed E-state index contributed by atoms with van der Waals surface area (Å²) in [5, 5.41) is 4.18. The van der Waals surface area contributed by atoms with Crippen LogP contribution in [-0.2, 0) is 23.3 Å². The normalized spacial score (nSPS) is 18.0. The molecule has 2 aliphatic heterocycles. The highest BCUT2D eigenvalue weighted by molar-refractivity contribution is 5.85. The van der Waals surface area contributed by atoms with Gasteiger partial charge in [0.1, 0.15) is 11.4 Å². The monoisotopic (exact) mass is 393 g/mol. The maximum atomic E-state index is 13.3. The Balaban J connectivity index is 1.28. The molecule has 0 unspecified atom stereocenters. The first-order valence-electron chi connectivity index (χ1n) is 10.2. The molecule has 29 heavy (non-hydrogen) atoms. The number of carbonyl (C=O) groups is 1. The molecule has 1 aromatic heterocycles. The van der Waals surface area contributed by atoms with Gasteiger partial charge < -0.3 is 19.9 Å². The molecule has 1 saturated heterocycles. The average Bonchev–Trinajstić information content (AvgIpc) is 3.13. The lowest BCUT2D eigenvalue weighted by molar-refractivity contribution is -0.0948. The second kappa shape index (κ2) is 7.19. The highest BCUT2D eigenvalue weighted by atomic mass is 19.1. The number of para-hydroxylation sites is 1. The van der Waals surface area contributed by atoms with E-state index in [9.17, 15) is 9.18 Å². The Bertz CT molecular complexity index is 1050. The number of H-pyrrole nitrogens is 1. The third kappa shape index (κ3) is 3.27. The van der Waals surface area contributed by atoms with E-state index in [4.69, 9.17) is 4.74 Å². The van der Waals surface area contributed by atoms with Crippen molar-refractivity contribution in [3.63, 3.8) is 0 Å². The summed E-state index contributed by atoms with van der Waals surface area (Å²) in [7, 11) is 0. The largest absolute Gasteiger partial charge is 0.368 e. The third-order valence-electron chi connectivity index (χ3n) is 6.19. The maximum Gasteiger partial charge on any atom is 0.317 e. The van der Waals surface area contributed by atoms with Crippen LogP contribution in [0, 0.1) is 5.82 Å². The van der Waals surface area contributed by atoms with E-state index in [0.717, 1.165) is 30.3 Å². The van der Waals surface area contributed by atoms with Crippen molar-refractivity contribution < 1.29 is 13.9 Å². The van der Waals surface area contributed by atoms with E-state index in [1.165, 1.54) is 28.8 Å². The van der Waals surface area contributed by atoms with E-state index in [2.05, 4.69) is 28.5 Å². The topological polar surface area (TPSA) is 57.4 Å². The van der Waals surface area contributed by atoms with Gasteiger partial charge in [0.15, 0.2) is 0 Å². The molecule has 0 saturated carbocycles. The van der Waals surface area contributed by atoms with Crippen molar-refractivity contribution in [2.45, 2.75) is 31.4 Å².